The van der Waals surface area contributed by atoms with Crippen LogP contribution >= 0.6 is 0 Å². The maximum absolute atomic E-state index is 12.3. The van der Waals surface area contributed by atoms with Crippen LogP contribution in [0.1, 0.15) is 12.2 Å². The van der Waals surface area contributed by atoms with Crippen molar-refractivity contribution in [3.05, 3.63) is 30.1 Å². The molecule has 1 aromatic heterocycles. The van der Waals surface area contributed by atoms with E-state index in [1.54, 1.807) is 7.05 Å². The van der Waals surface area contributed by atoms with E-state index in [0.29, 0.717) is 13.1 Å². The van der Waals surface area contributed by atoms with Crippen LogP contribution < -0.4 is 5.32 Å². The summed E-state index contributed by atoms with van der Waals surface area (Å²) >= 11 is 0. The van der Waals surface area contributed by atoms with Gasteiger partial charge in [0.2, 0.25) is 11.8 Å². The standard InChI is InChI=1S/C16H19N5O3/c1-19(15(23)10-21-14(22)7-8-17-16(21)24)9-13-18-11-5-3-4-6-12(11)20(13)2/h3-6H,7-10H2,1-2H3,(H,17,24). The summed E-state index contributed by atoms with van der Waals surface area (Å²) in [6, 6.07) is 7.20. The minimum atomic E-state index is -0.518. The van der Waals surface area contributed by atoms with Gasteiger partial charge < -0.3 is 14.8 Å². The Morgan fingerprint density at radius 1 is 1.33 bits per heavy atom. The molecule has 0 saturated carbocycles. The maximum atomic E-state index is 12.3. The van der Waals surface area contributed by atoms with Crippen LogP contribution in [-0.4, -0.2) is 57.3 Å². The number of aryl methyl sites for hydroxylation is 1. The lowest BCUT2D eigenvalue weighted by Gasteiger charge is -2.27. The van der Waals surface area contributed by atoms with Gasteiger partial charge in [0.15, 0.2) is 0 Å². The molecule has 1 aliphatic heterocycles. The van der Waals surface area contributed by atoms with Gasteiger partial charge in [-0.3, -0.25) is 14.5 Å². The lowest BCUT2D eigenvalue weighted by molar-refractivity contribution is -0.138. The minimum Gasteiger partial charge on any atom is -0.337 e. The molecular weight excluding hydrogens is 310 g/mol. The van der Waals surface area contributed by atoms with Crippen molar-refractivity contribution in [3.8, 4) is 0 Å². The first-order valence-electron chi connectivity index (χ1n) is 7.70. The van der Waals surface area contributed by atoms with Crippen molar-refractivity contribution >= 4 is 28.9 Å². The highest BCUT2D eigenvalue weighted by Crippen LogP contribution is 2.15. The lowest BCUT2D eigenvalue weighted by Crippen LogP contribution is -2.53. The predicted octanol–water partition coefficient (Wildman–Crippen LogP) is 0.474. The van der Waals surface area contributed by atoms with E-state index < -0.39 is 6.03 Å². The second kappa shape index (κ2) is 6.31. The number of hydrogen-bond donors (Lipinski definition) is 1. The zero-order valence-corrected chi connectivity index (χ0v) is 13.7. The van der Waals surface area contributed by atoms with E-state index in [2.05, 4.69) is 10.3 Å². The van der Waals surface area contributed by atoms with Gasteiger partial charge in [0.1, 0.15) is 12.4 Å². The molecule has 2 aromatic rings. The van der Waals surface area contributed by atoms with Crippen LogP contribution in [-0.2, 0) is 23.2 Å². The Morgan fingerprint density at radius 2 is 2.08 bits per heavy atom. The Kier molecular flexibility index (Phi) is 4.20. The third-order valence-electron chi connectivity index (χ3n) is 4.14. The van der Waals surface area contributed by atoms with Crippen LogP contribution in [0.5, 0.6) is 0 Å². The highest BCUT2D eigenvalue weighted by Gasteiger charge is 2.28. The lowest BCUT2D eigenvalue weighted by atomic mass is 10.3. The van der Waals surface area contributed by atoms with E-state index >= 15 is 0 Å². The van der Waals surface area contributed by atoms with Gasteiger partial charge in [-0.25, -0.2) is 9.78 Å². The SMILES string of the molecule is CN(Cc1nc2ccccc2n1C)C(=O)CN1C(=O)CCNC1=O. The molecule has 1 fully saturated rings. The number of nitrogens with one attached hydrogen (secondary N) is 1. The van der Waals surface area contributed by atoms with Crippen molar-refractivity contribution in [3.63, 3.8) is 0 Å². The molecule has 0 bridgehead atoms. The van der Waals surface area contributed by atoms with Gasteiger partial charge in [-0.15, -0.1) is 0 Å². The van der Waals surface area contributed by atoms with Crippen molar-refractivity contribution < 1.29 is 14.4 Å². The summed E-state index contributed by atoms with van der Waals surface area (Å²) in [6.07, 6.45) is 0.216. The number of fused-ring (bicyclic) bond motifs is 1. The first-order valence-corrected chi connectivity index (χ1v) is 7.70. The quantitative estimate of drug-likeness (QED) is 0.883. The number of imide groups is 1. The van der Waals surface area contributed by atoms with Gasteiger partial charge in [0, 0.05) is 27.1 Å². The molecule has 1 aromatic carbocycles. The van der Waals surface area contributed by atoms with Gasteiger partial charge in [-0.2, -0.15) is 0 Å². The number of aromatic nitrogens is 2. The molecule has 3 rings (SSSR count). The van der Waals surface area contributed by atoms with Crippen molar-refractivity contribution in [2.24, 2.45) is 7.05 Å². The zero-order chi connectivity index (χ0) is 17.3. The molecular formula is C16H19N5O3. The number of likely N-dealkylation sites (N-methyl/N-ethyl adjacent to an activating group) is 1. The average Bonchev–Trinajstić information content (AvgIpc) is 2.87. The third kappa shape index (κ3) is 2.94. The molecule has 0 unspecified atom stereocenters. The molecule has 126 valence electrons. The fourth-order valence-electron chi connectivity index (χ4n) is 2.67. The number of imidazole rings is 1. The van der Waals surface area contributed by atoms with Crippen LogP contribution in [0.2, 0.25) is 0 Å². The number of amides is 4. The van der Waals surface area contributed by atoms with E-state index in [1.807, 2.05) is 35.9 Å². The molecule has 1 N–H and O–H groups in total. The van der Waals surface area contributed by atoms with E-state index in [-0.39, 0.29) is 24.8 Å². The summed E-state index contributed by atoms with van der Waals surface area (Å²) < 4.78 is 1.93. The molecule has 0 spiro atoms. The van der Waals surface area contributed by atoms with E-state index in [9.17, 15) is 14.4 Å². The highest BCUT2D eigenvalue weighted by atomic mass is 16.2. The normalized spacial score (nSPS) is 14.8. The van der Waals surface area contributed by atoms with E-state index in [1.165, 1.54) is 4.90 Å². The van der Waals surface area contributed by atoms with Crippen molar-refractivity contribution in [1.29, 1.82) is 0 Å². The molecule has 1 saturated heterocycles. The van der Waals surface area contributed by atoms with Crippen LogP contribution in [0.4, 0.5) is 4.79 Å². The molecule has 0 aliphatic carbocycles. The summed E-state index contributed by atoms with van der Waals surface area (Å²) in [7, 11) is 3.53. The third-order valence-corrected chi connectivity index (χ3v) is 4.14. The summed E-state index contributed by atoms with van der Waals surface area (Å²) in [5, 5.41) is 2.56. The molecule has 0 atom stereocenters. The minimum absolute atomic E-state index is 0.216. The molecule has 1 aliphatic rings. The predicted molar refractivity (Wildman–Crippen MR) is 86.9 cm³/mol. The van der Waals surface area contributed by atoms with Crippen LogP contribution in [0.3, 0.4) is 0 Å². The first kappa shape index (κ1) is 16.0. The van der Waals surface area contributed by atoms with E-state index in [0.717, 1.165) is 21.8 Å². The second-order valence-electron chi connectivity index (χ2n) is 5.79. The molecule has 24 heavy (non-hydrogen) atoms. The number of rotatable bonds is 4. The number of benzene rings is 1. The van der Waals surface area contributed by atoms with Gasteiger partial charge >= 0.3 is 6.03 Å². The number of carbonyl (C=O) groups excluding carboxylic acids is 3. The number of nitrogens with zero attached hydrogens (tertiary/aromatic N) is 4. The first-order chi connectivity index (χ1) is 11.5. The van der Waals surface area contributed by atoms with Crippen LogP contribution in [0, 0.1) is 0 Å². The monoisotopic (exact) mass is 329 g/mol. The Bertz CT molecular complexity index is 797. The van der Waals surface area contributed by atoms with Gasteiger partial charge in [-0.1, -0.05) is 12.1 Å². The number of hydrogen-bond acceptors (Lipinski definition) is 4. The number of para-hydroxylation sites is 2. The van der Waals surface area contributed by atoms with Crippen molar-refractivity contribution in [1.82, 2.24) is 24.7 Å². The summed E-state index contributed by atoms with van der Waals surface area (Å²) in [6.45, 7) is 0.358. The molecule has 0 radical (unpaired) electrons. The fourth-order valence-corrected chi connectivity index (χ4v) is 2.67. The molecule has 8 heteroatoms. The Labute approximate surface area is 139 Å². The second-order valence-corrected chi connectivity index (χ2v) is 5.79. The van der Waals surface area contributed by atoms with Crippen molar-refractivity contribution in [2.75, 3.05) is 20.1 Å². The van der Waals surface area contributed by atoms with Crippen LogP contribution in [0.15, 0.2) is 24.3 Å². The molecule has 2 heterocycles. The zero-order valence-electron chi connectivity index (χ0n) is 13.7. The van der Waals surface area contributed by atoms with Gasteiger partial charge in [-0.05, 0) is 12.1 Å². The Hall–Kier alpha value is -2.90. The van der Waals surface area contributed by atoms with Crippen molar-refractivity contribution in [2.45, 2.75) is 13.0 Å². The molecule has 4 amide bonds. The maximum Gasteiger partial charge on any atom is 0.324 e. The smallest absolute Gasteiger partial charge is 0.324 e. The summed E-state index contributed by atoms with van der Waals surface area (Å²) in [5.41, 5.74) is 1.85. The van der Waals surface area contributed by atoms with Gasteiger partial charge in [0.05, 0.1) is 17.6 Å². The van der Waals surface area contributed by atoms with Gasteiger partial charge in [0.25, 0.3) is 0 Å². The highest BCUT2D eigenvalue weighted by molar-refractivity contribution is 6.00. The number of urea groups is 1. The Morgan fingerprint density at radius 3 is 2.79 bits per heavy atom. The fraction of sp³-hybridized carbons (Fsp3) is 0.375. The summed E-state index contributed by atoms with van der Waals surface area (Å²) in [4.78, 5) is 42.8. The summed E-state index contributed by atoms with van der Waals surface area (Å²) in [5.74, 6) is 0.0946. The average molecular weight is 329 g/mol. The number of carbonyl (C=O) groups is 3. The Balaban J connectivity index is 1.70. The molecule has 8 nitrogen and oxygen atoms in total. The van der Waals surface area contributed by atoms with Crippen LogP contribution in [0.25, 0.3) is 11.0 Å². The van der Waals surface area contributed by atoms with E-state index in [4.69, 9.17) is 0 Å². The topological polar surface area (TPSA) is 87.5 Å². The largest absolute Gasteiger partial charge is 0.337 e.